The van der Waals surface area contributed by atoms with Gasteiger partial charge in [-0.3, -0.25) is 14.3 Å². The van der Waals surface area contributed by atoms with Crippen LogP contribution in [0.1, 0.15) is 16.4 Å². The Kier molecular flexibility index (Phi) is 4.08. The normalized spacial score (nSPS) is 14.3. The molecular weight excluding hydrogens is 354 g/mol. The molecule has 26 heavy (non-hydrogen) atoms. The van der Waals surface area contributed by atoms with Crippen LogP contribution in [0.5, 0.6) is 0 Å². The minimum absolute atomic E-state index is 0.0868. The highest BCUT2D eigenvalue weighted by Crippen LogP contribution is 2.23. The number of amides is 1. The van der Waals surface area contributed by atoms with Crippen LogP contribution in [-0.4, -0.2) is 43.5 Å². The van der Waals surface area contributed by atoms with Gasteiger partial charge in [0.1, 0.15) is 0 Å². The van der Waals surface area contributed by atoms with E-state index < -0.39 is 0 Å². The summed E-state index contributed by atoms with van der Waals surface area (Å²) in [5, 5.41) is 9.13. The van der Waals surface area contributed by atoms with Crippen LogP contribution in [0.4, 0.5) is 0 Å². The molecular formula is C18H16ClN5O2. The summed E-state index contributed by atoms with van der Waals surface area (Å²) in [6.07, 6.45) is 3.22. The van der Waals surface area contributed by atoms with E-state index in [2.05, 4.69) is 10.2 Å². The molecule has 1 amide bonds. The van der Waals surface area contributed by atoms with Gasteiger partial charge in [0.2, 0.25) is 0 Å². The summed E-state index contributed by atoms with van der Waals surface area (Å²) in [4.78, 5) is 26.3. The van der Waals surface area contributed by atoms with Crippen molar-refractivity contribution in [1.29, 1.82) is 0 Å². The second-order valence-electron chi connectivity index (χ2n) is 6.27. The Labute approximate surface area is 154 Å². The van der Waals surface area contributed by atoms with Crippen molar-refractivity contribution in [3.05, 3.63) is 69.7 Å². The highest BCUT2D eigenvalue weighted by molar-refractivity contribution is 6.30. The van der Waals surface area contributed by atoms with E-state index in [1.807, 2.05) is 12.1 Å². The third-order valence-corrected chi connectivity index (χ3v) is 4.66. The van der Waals surface area contributed by atoms with Crippen LogP contribution in [0.2, 0.25) is 5.02 Å². The molecule has 0 N–H and O–H groups in total. The monoisotopic (exact) mass is 369 g/mol. The maximum Gasteiger partial charge on any atom is 0.267 e. The summed E-state index contributed by atoms with van der Waals surface area (Å²) in [7, 11) is 1.77. The van der Waals surface area contributed by atoms with Gasteiger partial charge in [-0.15, -0.1) is 0 Å². The van der Waals surface area contributed by atoms with Gasteiger partial charge in [-0.2, -0.15) is 10.2 Å². The first-order valence-corrected chi connectivity index (χ1v) is 8.53. The number of hydrogen-bond acceptors (Lipinski definition) is 4. The van der Waals surface area contributed by atoms with E-state index >= 15 is 0 Å². The van der Waals surface area contributed by atoms with Gasteiger partial charge in [-0.1, -0.05) is 23.7 Å². The molecule has 0 radical (unpaired) electrons. The number of halogens is 1. The lowest BCUT2D eigenvalue weighted by Gasteiger charge is -2.39. The van der Waals surface area contributed by atoms with Gasteiger partial charge >= 0.3 is 0 Å². The Morgan fingerprint density at radius 1 is 1.15 bits per heavy atom. The second kappa shape index (κ2) is 6.42. The van der Waals surface area contributed by atoms with Gasteiger partial charge in [0.15, 0.2) is 0 Å². The summed E-state index contributed by atoms with van der Waals surface area (Å²) < 4.78 is 3.04. The zero-order valence-corrected chi connectivity index (χ0v) is 14.8. The molecule has 4 rings (SSSR count). The van der Waals surface area contributed by atoms with Gasteiger partial charge in [0, 0.05) is 43.0 Å². The van der Waals surface area contributed by atoms with Gasteiger partial charge in [0.25, 0.3) is 11.5 Å². The molecule has 132 valence electrons. The topological polar surface area (TPSA) is 73.0 Å². The Bertz CT molecular complexity index is 1020. The van der Waals surface area contributed by atoms with Crippen LogP contribution in [0, 0.1) is 0 Å². The first-order valence-electron chi connectivity index (χ1n) is 8.15. The van der Waals surface area contributed by atoms with E-state index in [0.717, 1.165) is 5.56 Å². The quantitative estimate of drug-likeness (QED) is 0.707. The number of hydrogen-bond donors (Lipinski definition) is 0. The molecule has 0 aliphatic carbocycles. The average Bonchev–Trinajstić information content (AvgIpc) is 3.02. The largest absolute Gasteiger partial charge is 0.334 e. The number of aryl methyl sites for hydroxylation is 1. The molecule has 0 bridgehead atoms. The zero-order valence-electron chi connectivity index (χ0n) is 14.0. The number of carbonyl (C=O) groups excluding carboxylic acids is 1. The van der Waals surface area contributed by atoms with Crippen molar-refractivity contribution in [2.45, 2.75) is 6.04 Å². The number of benzene rings is 1. The van der Waals surface area contributed by atoms with Gasteiger partial charge in [-0.25, -0.2) is 4.68 Å². The molecule has 0 saturated carbocycles. The fraction of sp³-hybridized carbons (Fsp3) is 0.222. The second-order valence-corrected chi connectivity index (χ2v) is 6.71. The Hall–Kier alpha value is -2.93. The molecule has 1 fully saturated rings. The lowest BCUT2D eigenvalue weighted by atomic mass is 10.1. The van der Waals surface area contributed by atoms with Crippen LogP contribution in [0.15, 0.2) is 53.6 Å². The Morgan fingerprint density at radius 3 is 2.54 bits per heavy atom. The summed E-state index contributed by atoms with van der Waals surface area (Å²) in [5.41, 5.74) is 1.94. The van der Waals surface area contributed by atoms with E-state index in [1.165, 1.54) is 10.7 Å². The van der Waals surface area contributed by atoms with Crippen LogP contribution in [0.3, 0.4) is 0 Å². The first-order chi connectivity index (χ1) is 12.5. The lowest BCUT2D eigenvalue weighted by molar-refractivity contribution is 0.0493. The predicted molar refractivity (Wildman–Crippen MR) is 97.1 cm³/mol. The molecule has 0 atom stereocenters. The van der Waals surface area contributed by atoms with Crippen molar-refractivity contribution in [2.75, 3.05) is 13.1 Å². The van der Waals surface area contributed by atoms with Crippen molar-refractivity contribution in [3.8, 4) is 11.3 Å². The first kappa shape index (κ1) is 16.5. The average molecular weight is 370 g/mol. The fourth-order valence-electron chi connectivity index (χ4n) is 2.95. The molecule has 1 aromatic carbocycles. The molecule has 3 aromatic rings. The van der Waals surface area contributed by atoms with Crippen molar-refractivity contribution in [1.82, 2.24) is 24.5 Å². The van der Waals surface area contributed by atoms with Gasteiger partial charge < -0.3 is 4.90 Å². The highest BCUT2D eigenvalue weighted by atomic mass is 35.5. The van der Waals surface area contributed by atoms with E-state index in [9.17, 15) is 9.59 Å². The van der Waals surface area contributed by atoms with Crippen LogP contribution in [0.25, 0.3) is 11.3 Å². The minimum Gasteiger partial charge on any atom is -0.334 e. The number of rotatable bonds is 3. The summed E-state index contributed by atoms with van der Waals surface area (Å²) in [6, 6.07) is 10.4. The van der Waals surface area contributed by atoms with Gasteiger partial charge in [-0.05, 0) is 18.2 Å². The minimum atomic E-state index is -0.179. The van der Waals surface area contributed by atoms with Gasteiger partial charge in [0.05, 0.1) is 23.5 Å². The SMILES string of the molecule is Cn1cc(C(=O)N2CC(n3nc(-c4ccc(Cl)cc4)ccc3=O)C2)cn1. The Balaban J connectivity index is 1.52. The zero-order chi connectivity index (χ0) is 18.3. The summed E-state index contributed by atoms with van der Waals surface area (Å²) in [6.45, 7) is 0.898. The number of nitrogens with zero attached hydrogens (tertiary/aromatic N) is 5. The van der Waals surface area contributed by atoms with E-state index in [1.54, 1.807) is 47.2 Å². The summed E-state index contributed by atoms with van der Waals surface area (Å²) in [5.74, 6) is -0.0868. The summed E-state index contributed by atoms with van der Waals surface area (Å²) >= 11 is 5.92. The molecule has 1 aliphatic rings. The van der Waals surface area contributed by atoms with Crippen LogP contribution >= 0.6 is 11.6 Å². The van der Waals surface area contributed by atoms with Crippen molar-refractivity contribution >= 4 is 17.5 Å². The van der Waals surface area contributed by atoms with Crippen molar-refractivity contribution in [3.63, 3.8) is 0 Å². The van der Waals surface area contributed by atoms with Crippen molar-refractivity contribution in [2.24, 2.45) is 7.05 Å². The molecule has 7 nitrogen and oxygen atoms in total. The smallest absolute Gasteiger partial charge is 0.267 e. The lowest BCUT2D eigenvalue weighted by Crippen LogP contribution is -2.53. The standard InChI is InChI=1S/C18H16ClN5O2/c1-22-9-13(8-20-22)18(26)23-10-15(11-23)24-17(25)7-6-16(21-24)12-2-4-14(19)5-3-12/h2-9,15H,10-11H2,1H3. The molecule has 0 spiro atoms. The maximum absolute atomic E-state index is 12.4. The molecule has 0 unspecified atom stereocenters. The molecule has 2 aromatic heterocycles. The van der Waals surface area contributed by atoms with E-state index in [4.69, 9.17) is 11.6 Å². The Morgan fingerprint density at radius 2 is 1.88 bits per heavy atom. The molecule has 1 saturated heterocycles. The van der Waals surface area contributed by atoms with E-state index in [-0.39, 0.29) is 17.5 Å². The van der Waals surface area contributed by atoms with Crippen LogP contribution in [-0.2, 0) is 7.05 Å². The third kappa shape index (κ3) is 3.01. The molecule has 1 aliphatic heterocycles. The fourth-order valence-corrected chi connectivity index (χ4v) is 3.08. The van der Waals surface area contributed by atoms with E-state index in [0.29, 0.717) is 29.4 Å². The van der Waals surface area contributed by atoms with Crippen molar-refractivity contribution < 1.29 is 4.79 Å². The third-order valence-electron chi connectivity index (χ3n) is 4.41. The number of aromatic nitrogens is 4. The maximum atomic E-state index is 12.4. The number of carbonyl (C=O) groups is 1. The molecule has 3 heterocycles. The predicted octanol–water partition coefficient (Wildman–Crippen LogP) is 1.99. The number of likely N-dealkylation sites (tertiary alicyclic amines) is 1. The van der Waals surface area contributed by atoms with Crippen LogP contribution < -0.4 is 5.56 Å². The molecule has 8 heteroatoms. The highest BCUT2D eigenvalue weighted by Gasteiger charge is 2.34.